The molecule has 0 fully saturated rings. The number of nitrogens with one attached hydrogen (secondary N) is 1. The summed E-state index contributed by atoms with van der Waals surface area (Å²) in [6, 6.07) is 9.28. The highest BCUT2D eigenvalue weighted by atomic mass is 35.5. The molecule has 0 spiro atoms. The minimum atomic E-state index is -0.782. The second kappa shape index (κ2) is 6.86. The van der Waals surface area contributed by atoms with Crippen LogP contribution in [-0.4, -0.2) is 21.9 Å². The summed E-state index contributed by atoms with van der Waals surface area (Å²) in [5.41, 5.74) is -0.152. The van der Waals surface area contributed by atoms with E-state index in [0.717, 1.165) is 6.20 Å². The first-order valence-electron chi connectivity index (χ1n) is 6.29. The van der Waals surface area contributed by atoms with E-state index in [4.69, 9.17) is 16.3 Å². The summed E-state index contributed by atoms with van der Waals surface area (Å²) in [4.78, 5) is 25.7. The van der Waals surface area contributed by atoms with Crippen molar-refractivity contribution in [2.24, 2.45) is 0 Å². The molecule has 0 radical (unpaired) electrons. The van der Waals surface area contributed by atoms with Crippen molar-refractivity contribution >= 4 is 29.0 Å². The van der Waals surface area contributed by atoms with E-state index < -0.39 is 16.9 Å². The van der Waals surface area contributed by atoms with Gasteiger partial charge < -0.3 is 10.1 Å². The minimum Gasteiger partial charge on any atom is -0.481 e. The van der Waals surface area contributed by atoms with Crippen LogP contribution in [0.2, 0.25) is 5.02 Å². The van der Waals surface area contributed by atoms with Crippen molar-refractivity contribution in [3.63, 3.8) is 0 Å². The molecule has 7 nitrogen and oxygen atoms in total. The van der Waals surface area contributed by atoms with E-state index in [0.29, 0.717) is 10.8 Å². The van der Waals surface area contributed by atoms with Crippen molar-refractivity contribution < 1.29 is 14.5 Å². The Morgan fingerprint density at radius 2 is 2.18 bits per heavy atom. The van der Waals surface area contributed by atoms with Crippen molar-refractivity contribution in [2.45, 2.75) is 13.0 Å². The number of anilines is 1. The van der Waals surface area contributed by atoms with E-state index in [1.807, 2.05) is 0 Å². The zero-order valence-electron chi connectivity index (χ0n) is 11.5. The number of hydrogen-bond donors (Lipinski definition) is 1. The first-order valence-corrected chi connectivity index (χ1v) is 6.67. The average Bonchev–Trinajstić information content (AvgIpc) is 2.47. The number of carbonyl (C=O) groups is 1. The summed E-state index contributed by atoms with van der Waals surface area (Å²) in [6.07, 6.45) is 0.286. The maximum absolute atomic E-state index is 12.0. The Hall–Kier alpha value is -2.67. The van der Waals surface area contributed by atoms with Crippen LogP contribution in [0, 0.1) is 10.1 Å². The molecule has 1 N–H and O–H groups in total. The lowest BCUT2D eigenvalue weighted by Gasteiger charge is -2.14. The van der Waals surface area contributed by atoms with Crippen LogP contribution in [0.1, 0.15) is 6.92 Å². The molecule has 0 bridgehead atoms. The molecular weight excluding hydrogens is 310 g/mol. The van der Waals surface area contributed by atoms with Crippen molar-refractivity contribution in [3.05, 3.63) is 57.7 Å². The smallest absolute Gasteiger partial charge is 0.287 e. The Morgan fingerprint density at radius 3 is 2.77 bits per heavy atom. The standard InChI is InChI=1S/C14H12ClN3O4/c1-9(22-12-4-2-3-10(15)7-12)14(19)17-13-6-5-11(8-16-13)18(20)21/h2-9H,1H3,(H,16,17,19)/t9-/m1/s1. The van der Waals surface area contributed by atoms with Crippen LogP contribution in [0.15, 0.2) is 42.6 Å². The van der Waals surface area contributed by atoms with E-state index in [-0.39, 0.29) is 11.5 Å². The number of hydrogen-bond acceptors (Lipinski definition) is 5. The molecule has 2 rings (SSSR count). The summed E-state index contributed by atoms with van der Waals surface area (Å²) in [6.45, 7) is 1.57. The number of halogens is 1. The van der Waals surface area contributed by atoms with Gasteiger partial charge in [-0.3, -0.25) is 14.9 Å². The van der Waals surface area contributed by atoms with E-state index in [9.17, 15) is 14.9 Å². The Labute approximate surface area is 131 Å². The third-order valence-corrected chi connectivity index (χ3v) is 2.92. The van der Waals surface area contributed by atoms with Crippen LogP contribution in [0.25, 0.3) is 0 Å². The van der Waals surface area contributed by atoms with Gasteiger partial charge in [0, 0.05) is 11.1 Å². The molecule has 0 unspecified atom stereocenters. The van der Waals surface area contributed by atoms with E-state index >= 15 is 0 Å². The van der Waals surface area contributed by atoms with Gasteiger partial charge in [0.25, 0.3) is 11.6 Å². The average molecular weight is 322 g/mol. The Bertz CT molecular complexity index is 691. The third-order valence-electron chi connectivity index (χ3n) is 2.69. The molecule has 0 aliphatic carbocycles. The van der Waals surface area contributed by atoms with Gasteiger partial charge >= 0.3 is 0 Å². The predicted octanol–water partition coefficient (Wildman–Crippen LogP) is 3.05. The third kappa shape index (κ3) is 4.16. The van der Waals surface area contributed by atoms with Gasteiger partial charge in [-0.1, -0.05) is 17.7 Å². The number of rotatable bonds is 5. The van der Waals surface area contributed by atoms with E-state index in [1.165, 1.54) is 12.1 Å². The van der Waals surface area contributed by atoms with Gasteiger partial charge in [0.05, 0.1) is 4.92 Å². The van der Waals surface area contributed by atoms with Crippen molar-refractivity contribution in [2.75, 3.05) is 5.32 Å². The van der Waals surface area contributed by atoms with Gasteiger partial charge in [0.1, 0.15) is 17.8 Å². The van der Waals surface area contributed by atoms with Gasteiger partial charge in [-0.2, -0.15) is 0 Å². The molecule has 0 saturated heterocycles. The molecule has 22 heavy (non-hydrogen) atoms. The maximum atomic E-state index is 12.0. The number of benzene rings is 1. The van der Waals surface area contributed by atoms with Crippen LogP contribution < -0.4 is 10.1 Å². The monoisotopic (exact) mass is 321 g/mol. The molecule has 1 heterocycles. The summed E-state index contributed by atoms with van der Waals surface area (Å²) in [5, 5.41) is 13.5. The quantitative estimate of drug-likeness (QED) is 0.674. The van der Waals surface area contributed by atoms with Crippen LogP contribution >= 0.6 is 11.6 Å². The molecule has 0 saturated carbocycles. The predicted molar refractivity (Wildman–Crippen MR) is 81.1 cm³/mol. The highest BCUT2D eigenvalue weighted by Gasteiger charge is 2.16. The zero-order valence-corrected chi connectivity index (χ0v) is 12.3. The van der Waals surface area contributed by atoms with Gasteiger partial charge in [-0.15, -0.1) is 0 Å². The van der Waals surface area contributed by atoms with Gasteiger partial charge in [0.15, 0.2) is 6.10 Å². The molecule has 1 amide bonds. The number of pyridine rings is 1. The van der Waals surface area contributed by atoms with E-state index in [1.54, 1.807) is 31.2 Å². The first kappa shape index (κ1) is 15.7. The van der Waals surface area contributed by atoms with Crippen molar-refractivity contribution in [1.82, 2.24) is 4.98 Å². The largest absolute Gasteiger partial charge is 0.481 e. The fourth-order valence-corrected chi connectivity index (χ4v) is 1.77. The lowest BCUT2D eigenvalue weighted by atomic mass is 10.3. The lowest BCUT2D eigenvalue weighted by molar-refractivity contribution is -0.385. The Kier molecular flexibility index (Phi) is 4.90. The number of nitro groups is 1. The molecule has 1 aromatic heterocycles. The van der Waals surface area contributed by atoms with Gasteiger partial charge in [0.2, 0.25) is 0 Å². The van der Waals surface area contributed by atoms with E-state index in [2.05, 4.69) is 10.3 Å². The maximum Gasteiger partial charge on any atom is 0.287 e. The van der Waals surface area contributed by atoms with Crippen LogP contribution in [-0.2, 0) is 4.79 Å². The first-order chi connectivity index (χ1) is 10.5. The molecule has 1 atom stereocenters. The zero-order chi connectivity index (χ0) is 16.1. The number of nitrogens with zero attached hydrogens (tertiary/aromatic N) is 2. The molecule has 8 heteroatoms. The molecule has 0 aliphatic heterocycles. The SMILES string of the molecule is C[C@@H](Oc1cccc(Cl)c1)C(=O)Nc1ccc([N+](=O)[O-])cn1. The number of amides is 1. The van der Waals surface area contributed by atoms with Crippen LogP contribution in [0.3, 0.4) is 0 Å². The minimum absolute atomic E-state index is 0.152. The normalized spacial score (nSPS) is 11.5. The number of aromatic nitrogens is 1. The fraction of sp³-hybridized carbons (Fsp3) is 0.143. The van der Waals surface area contributed by atoms with Crippen LogP contribution in [0.5, 0.6) is 5.75 Å². The summed E-state index contributed by atoms with van der Waals surface area (Å²) in [5.74, 6) is 0.241. The van der Waals surface area contributed by atoms with Gasteiger partial charge in [-0.25, -0.2) is 4.98 Å². The number of ether oxygens (including phenoxy) is 1. The summed E-state index contributed by atoms with van der Waals surface area (Å²) < 4.78 is 5.46. The van der Waals surface area contributed by atoms with Crippen LogP contribution in [0.4, 0.5) is 11.5 Å². The van der Waals surface area contributed by atoms with Gasteiger partial charge in [-0.05, 0) is 31.2 Å². The fourth-order valence-electron chi connectivity index (χ4n) is 1.59. The Balaban J connectivity index is 1.97. The highest BCUT2D eigenvalue weighted by Crippen LogP contribution is 2.19. The molecular formula is C14H12ClN3O4. The van der Waals surface area contributed by atoms with Crippen molar-refractivity contribution in [1.29, 1.82) is 0 Å². The summed E-state index contributed by atoms with van der Waals surface area (Å²) >= 11 is 5.83. The summed E-state index contributed by atoms with van der Waals surface area (Å²) in [7, 11) is 0. The second-order valence-corrected chi connectivity index (χ2v) is 4.80. The lowest BCUT2D eigenvalue weighted by Crippen LogP contribution is -2.30. The Morgan fingerprint density at radius 1 is 1.41 bits per heavy atom. The highest BCUT2D eigenvalue weighted by molar-refractivity contribution is 6.30. The molecule has 1 aromatic carbocycles. The topological polar surface area (TPSA) is 94.4 Å². The second-order valence-electron chi connectivity index (χ2n) is 4.37. The van der Waals surface area contributed by atoms with Crippen molar-refractivity contribution in [3.8, 4) is 5.75 Å². The molecule has 2 aromatic rings. The molecule has 114 valence electrons. The molecule has 0 aliphatic rings. The number of carbonyl (C=O) groups excluding carboxylic acids is 1.